The van der Waals surface area contributed by atoms with E-state index in [2.05, 4.69) is 144 Å². The van der Waals surface area contributed by atoms with Crippen LogP contribution < -0.4 is 0 Å². The van der Waals surface area contributed by atoms with E-state index in [0.29, 0.717) is 23.1 Å². The minimum absolute atomic E-state index is 0.514. The van der Waals surface area contributed by atoms with Gasteiger partial charge in [-0.2, -0.15) is 0 Å². The van der Waals surface area contributed by atoms with E-state index >= 15 is 0 Å². The number of hydrogen-bond acceptors (Lipinski definition) is 5. The number of aromatic nitrogens is 4. The number of para-hydroxylation sites is 3. The molecule has 0 saturated heterocycles. The minimum Gasteiger partial charge on any atom is -0.456 e. The topological polar surface area (TPSA) is 69.9 Å². The average molecular weight is 755 g/mol. The largest absolute Gasteiger partial charge is 0.456 e. The lowest BCUT2D eigenvalue weighted by Crippen LogP contribution is -2.02. The van der Waals surface area contributed by atoms with Gasteiger partial charge in [0.25, 0.3) is 0 Å². The van der Waals surface area contributed by atoms with E-state index in [1.54, 1.807) is 0 Å². The number of benzene rings is 9. The molecule has 6 nitrogen and oxygen atoms in total. The molecule has 0 radical (unpaired) electrons. The molecule has 59 heavy (non-hydrogen) atoms. The zero-order valence-electron chi connectivity index (χ0n) is 31.4. The Kier molecular flexibility index (Phi) is 6.63. The van der Waals surface area contributed by atoms with Crippen molar-refractivity contribution < 1.29 is 8.83 Å². The average Bonchev–Trinajstić information content (AvgIpc) is 3.97. The molecule has 13 rings (SSSR count). The smallest absolute Gasteiger partial charge is 0.167 e. The zero-order chi connectivity index (χ0) is 38.6. The van der Waals surface area contributed by atoms with Gasteiger partial charge in [-0.1, -0.05) is 133 Å². The maximum atomic E-state index is 6.80. The first-order valence-corrected chi connectivity index (χ1v) is 19.8. The van der Waals surface area contributed by atoms with Crippen LogP contribution in [0.25, 0.3) is 127 Å². The number of hydrogen-bond donors (Lipinski definition) is 0. The molecule has 0 aliphatic carbocycles. The number of furan rings is 2. The molecule has 0 aliphatic heterocycles. The lowest BCUT2D eigenvalue weighted by Gasteiger charge is -2.13. The highest BCUT2D eigenvalue weighted by molar-refractivity contribution is 6.16. The Morgan fingerprint density at radius 3 is 1.75 bits per heavy atom. The van der Waals surface area contributed by atoms with E-state index in [0.717, 1.165) is 82.5 Å². The van der Waals surface area contributed by atoms with Gasteiger partial charge in [0.1, 0.15) is 22.3 Å². The van der Waals surface area contributed by atoms with Crippen LogP contribution in [0.5, 0.6) is 0 Å². The fourth-order valence-corrected chi connectivity index (χ4v) is 9.16. The van der Waals surface area contributed by atoms with Crippen LogP contribution in [0.15, 0.2) is 191 Å². The standard InChI is InChI=1S/C53H30N4O2/c1-2-15-33-28-45-41(27-32(33)14-1)36-18-5-8-23-44(36)57(45)34-29-42-37-19-6-9-24-46(37)59-50(42)43(30-34)53-55-51(38-21-11-16-31-13-3-4-17-35(31)38)54-52(56-53)40-22-12-26-48-49(40)39-20-7-10-25-47(39)58-48/h1-30H. The summed E-state index contributed by atoms with van der Waals surface area (Å²) in [5, 5.41) is 10.9. The molecule has 9 aromatic carbocycles. The van der Waals surface area contributed by atoms with Crippen LogP contribution in [0.2, 0.25) is 0 Å². The summed E-state index contributed by atoms with van der Waals surface area (Å²) >= 11 is 0. The minimum atomic E-state index is 0.514. The molecule has 6 heteroatoms. The molecule has 13 aromatic rings. The number of rotatable bonds is 4. The second-order valence-corrected chi connectivity index (χ2v) is 15.1. The van der Waals surface area contributed by atoms with E-state index < -0.39 is 0 Å². The van der Waals surface area contributed by atoms with Crippen LogP contribution >= 0.6 is 0 Å². The number of fused-ring (bicyclic) bond motifs is 11. The van der Waals surface area contributed by atoms with Crippen LogP contribution in [-0.2, 0) is 0 Å². The molecule has 0 spiro atoms. The van der Waals surface area contributed by atoms with Crippen molar-refractivity contribution in [2.75, 3.05) is 0 Å². The normalized spacial score (nSPS) is 12.1. The summed E-state index contributed by atoms with van der Waals surface area (Å²) in [7, 11) is 0. The summed E-state index contributed by atoms with van der Waals surface area (Å²) in [6.45, 7) is 0. The number of nitrogens with zero attached hydrogens (tertiary/aromatic N) is 4. The molecule has 0 aliphatic rings. The van der Waals surface area contributed by atoms with Crippen molar-refractivity contribution in [3.63, 3.8) is 0 Å². The summed E-state index contributed by atoms with van der Waals surface area (Å²) in [6, 6.07) is 63.3. The highest BCUT2D eigenvalue weighted by Gasteiger charge is 2.23. The zero-order valence-corrected chi connectivity index (χ0v) is 31.4. The first-order valence-electron chi connectivity index (χ1n) is 19.8. The Bertz CT molecular complexity index is 3870. The van der Waals surface area contributed by atoms with Gasteiger partial charge in [-0.25, -0.2) is 15.0 Å². The molecule has 0 fully saturated rings. The summed E-state index contributed by atoms with van der Waals surface area (Å²) < 4.78 is 15.5. The van der Waals surface area contributed by atoms with Gasteiger partial charge in [0.2, 0.25) is 0 Å². The van der Waals surface area contributed by atoms with E-state index in [9.17, 15) is 0 Å². The SMILES string of the molecule is c1ccc2cc3c(cc2c1)c1ccccc1n3-c1cc(-c2nc(-c3cccc4ccccc34)nc(-c3cccc4oc5ccccc5c34)n2)c2oc3ccccc3c2c1. The van der Waals surface area contributed by atoms with Crippen molar-refractivity contribution in [3.05, 3.63) is 182 Å². The molecule has 274 valence electrons. The maximum Gasteiger partial charge on any atom is 0.167 e. The summed E-state index contributed by atoms with van der Waals surface area (Å²) in [4.78, 5) is 16.1. The van der Waals surface area contributed by atoms with Gasteiger partial charge in [-0.15, -0.1) is 0 Å². The molecular weight excluding hydrogens is 725 g/mol. The van der Waals surface area contributed by atoms with Gasteiger partial charge in [0.15, 0.2) is 17.5 Å². The molecule has 0 N–H and O–H groups in total. The molecule has 0 amide bonds. The Labute approximate surface area is 336 Å². The predicted molar refractivity (Wildman–Crippen MR) is 240 cm³/mol. The molecular formula is C53H30N4O2. The Morgan fingerprint density at radius 2 is 0.915 bits per heavy atom. The second kappa shape index (κ2) is 12.2. The third kappa shape index (κ3) is 4.77. The first kappa shape index (κ1) is 32.0. The van der Waals surface area contributed by atoms with E-state index in [4.69, 9.17) is 23.8 Å². The van der Waals surface area contributed by atoms with Gasteiger partial charge < -0.3 is 13.4 Å². The van der Waals surface area contributed by atoms with Crippen molar-refractivity contribution in [1.29, 1.82) is 0 Å². The van der Waals surface area contributed by atoms with E-state index in [-0.39, 0.29) is 0 Å². The summed E-state index contributed by atoms with van der Waals surface area (Å²) in [5.74, 6) is 1.64. The van der Waals surface area contributed by atoms with Gasteiger partial charge in [-0.3, -0.25) is 0 Å². The van der Waals surface area contributed by atoms with Gasteiger partial charge >= 0.3 is 0 Å². The predicted octanol–water partition coefficient (Wildman–Crippen LogP) is 14.1. The van der Waals surface area contributed by atoms with Crippen molar-refractivity contribution in [2.24, 2.45) is 0 Å². The lowest BCUT2D eigenvalue weighted by atomic mass is 10.0. The van der Waals surface area contributed by atoms with Gasteiger partial charge in [0.05, 0.1) is 16.6 Å². The highest BCUT2D eigenvalue weighted by atomic mass is 16.3. The quantitative estimate of drug-likeness (QED) is 0.179. The van der Waals surface area contributed by atoms with Crippen molar-refractivity contribution in [1.82, 2.24) is 19.5 Å². The van der Waals surface area contributed by atoms with Crippen molar-refractivity contribution in [2.45, 2.75) is 0 Å². The summed E-state index contributed by atoms with van der Waals surface area (Å²) in [5.41, 5.74) is 8.88. The molecule has 4 aromatic heterocycles. The third-order valence-corrected chi connectivity index (χ3v) is 11.8. The fraction of sp³-hybridized carbons (Fsp3) is 0. The van der Waals surface area contributed by atoms with Crippen LogP contribution in [0.4, 0.5) is 0 Å². The second-order valence-electron chi connectivity index (χ2n) is 15.1. The van der Waals surface area contributed by atoms with Crippen molar-refractivity contribution in [3.8, 4) is 39.9 Å². The molecule has 0 atom stereocenters. The monoisotopic (exact) mass is 754 g/mol. The lowest BCUT2D eigenvalue weighted by molar-refractivity contribution is 0.668. The molecule has 0 bridgehead atoms. The Balaban J connectivity index is 1.16. The fourth-order valence-electron chi connectivity index (χ4n) is 9.16. The molecule has 0 saturated carbocycles. The third-order valence-electron chi connectivity index (χ3n) is 11.8. The molecule has 4 heterocycles. The van der Waals surface area contributed by atoms with Crippen LogP contribution in [-0.4, -0.2) is 19.5 Å². The first-order chi connectivity index (χ1) is 29.2. The van der Waals surface area contributed by atoms with Crippen LogP contribution in [0.3, 0.4) is 0 Å². The van der Waals surface area contributed by atoms with E-state index in [1.165, 1.54) is 21.5 Å². The Hall–Kier alpha value is -8.09. The maximum absolute atomic E-state index is 6.80. The molecule has 0 unspecified atom stereocenters. The van der Waals surface area contributed by atoms with Crippen LogP contribution in [0, 0.1) is 0 Å². The van der Waals surface area contributed by atoms with E-state index in [1.807, 2.05) is 42.5 Å². The van der Waals surface area contributed by atoms with Gasteiger partial charge in [0, 0.05) is 49.1 Å². The highest BCUT2D eigenvalue weighted by Crippen LogP contribution is 2.42. The summed E-state index contributed by atoms with van der Waals surface area (Å²) in [6.07, 6.45) is 0. The van der Waals surface area contributed by atoms with Gasteiger partial charge in [-0.05, 0) is 70.1 Å². The Morgan fingerprint density at radius 1 is 0.339 bits per heavy atom. The van der Waals surface area contributed by atoms with Crippen molar-refractivity contribution >= 4 is 87.2 Å². The van der Waals surface area contributed by atoms with Crippen LogP contribution in [0.1, 0.15) is 0 Å².